The molecule has 1 fully saturated rings. The first kappa shape index (κ1) is 16.7. The molecule has 4 nitrogen and oxygen atoms in total. The van der Waals surface area contributed by atoms with E-state index in [1.54, 1.807) is 6.20 Å². The Kier molecular flexibility index (Phi) is 6.13. The van der Waals surface area contributed by atoms with E-state index in [0.29, 0.717) is 11.5 Å². The summed E-state index contributed by atoms with van der Waals surface area (Å²) >= 11 is 0. The number of nitrogens with zero attached hydrogens (tertiary/aromatic N) is 2. The van der Waals surface area contributed by atoms with Crippen LogP contribution in [0.5, 0.6) is 0 Å². The lowest BCUT2D eigenvalue weighted by molar-refractivity contribution is 0.0933. The highest BCUT2D eigenvalue weighted by Gasteiger charge is 2.20. The summed E-state index contributed by atoms with van der Waals surface area (Å²) in [5.41, 5.74) is 2.83. The number of hydrogen-bond acceptors (Lipinski definition) is 3. The molecule has 1 unspecified atom stereocenters. The van der Waals surface area contributed by atoms with Crippen LogP contribution in [-0.2, 0) is 0 Å². The van der Waals surface area contributed by atoms with Crippen LogP contribution in [0.1, 0.15) is 42.7 Å². The van der Waals surface area contributed by atoms with Gasteiger partial charge in [0.1, 0.15) is 0 Å². The average molecular weight is 301 g/mol. The molecule has 0 aliphatic carbocycles. The van der Waals surface area contributed by atoms with E-state index < -0.39 is 0 Å². The van der Waals surface area contributed by atoms with Crippen LogP contribution in [0.25, 0.3) is 0 Å². The molecule has 1 saturated heterocycles. The predicted octanol–water partition coefficient (Wildman–Crippen LogP) is 2.80. The van der Waals surface area contributed by atoms with Gasteiger partial charge in [-0.2, -0.15) is 0 Å². The second kappa shape index (κ2) is 8.08. The first-order valence-corrected chi connectivity index (χ1v) is 8.12. The van der Waals surface area contributed by atoms with Crippen molar-refractivity contribution in [1.29, 1.82) is 0 Å². The van der Waals surface area contributed by atoms with Gasteiger partial charge in [-0.25, -0.2) is 0 Å². The molecule has 2 heterocycles. The molecule has 1 atom stereocenters. The number of amides is 1. The molecule has 1 aromatic rings. The largest absolute Gasteiger partial charge is 0.352 e. The Labute approximate surface area is 133 Å². The molecule has 0 bridgehead atoms. The molecule has 0 spiro atoms. The number of piperidine rings is 1. The second-order valence-corrected chi connectivity index (χ2v) is 6.40. The van der Waals surface area contributed by atoms with Crippen LogP contribution in [-0.4, -0.2) is 42.0 Å². The number of allylic oxidation sites excluding steroid dienone is 1. The van der Waals surface area contributed by atoms with Gasteiger partial charge in [0.05, 0.1) is 5.56 Å². The van der Waals surface area contributed by atoms with Gasteiger partial charge in [-0.05, 0) is 58.2 Å². The highest BCUT2D eigenvalue weighted by molar-refractivity contribution is 5.95. The van der Waals surface area contributed by atoms with E-state index >= 15 is 0 Å². The van der Waals surface area contributed by atoms with Gasteiger partial charge >= 0.3 is 0 Å². The molecular weight excluding hydrogens is 274 g/mol. The quantitative estimate of drug-likeness (QED) is 0.851. The first-order valence-electron chi connectivity index (χ1n) is 8.12. The van der Waals surface area contributed by atoms with Gasteiger partial charge in [0.25, 0.3) is 5.91 Å². The minimum atomic E-state index is -0.00739. The Bertz CT molecular complexity index is 535. The fourth-order valence-corrected chi connectivity index (χ4v) is 2.85. The summed E-state index contributed by atoms with van der Waals surface area (Å²) in [4.78, 5) is 18.9. The number of aromatic nitrogens is 1. The van der Waals surface area contributed by atoms with Crippen molar-refractivity contribution < 1.29 is 4.79 Å². The Hall–Kier alpha value is -1.68. The molecule has 1 aromatic heterocycles. The third-order valence-corrected chi connectivity index (χ3v) is 4.16. The van der Waals surface area contributed by atoms with Gasteiger partial charge in [-0.15, -0.1) is 0 Å². The molecule has 1 aliphatic rings. The number of hydrogen-bond donors (Lipinski definition) is 1. The summed E-state index contributed by atoms with van der Waals surface area (Å²) in [5.74, 6) is 0.535. The van der Waals surface area contributed by atoms with E-state index in [1.165, 1.54) is 18.4 Å². The van der Waals surface area contributed by atoms with Crippen LogP contribution in [0, 0.1) is 12.8 Å². The number of carbonyl (C=O) groups excluding carboxylic acids is 1. The van der Waals surface area contributed by atoms with Crippen LogP contribution in [0.3, 0.4) is 0 Å². The molecule has 120 valence electrons. The van der Waals surface area contributed by atoms with Crippen molar-refractivity contribution in [2.75, 3.05) is 26.2 Å². The molecule has 4 heteroatoms. The van der Waals surface area contributed by atoms with Crippen LogP contribution in [0.2, 0.25) is 0 Å². The lowest BCUT2D eigenvalue weighted by Gasteiger charge is -2.32. The summed E-state index contributed by atoms with van der Waals surface area (Å²) in [6, 6.07) is 3.64. The molecule has 0 aromatic carbocycles. The Morgan fingerprint density at radius 2 is 2.32 bits per heavy atom. The van der Waals surface area contributed by atoms with Crippen LogP contribution < -0.4 is 5.32 Å². The zero-order valence-electron chi connectivity index (χ0n) is 13.9. The number of rotatable bonds is 5. The minimum absolute atomic E-state index is 0.00739. The van der Waals surface area contributed by atoms with Crippen LogP contribution >= 0.6 is 0 Å². The van der Waals surface area contributed by atoms with Crippen LogP contribution in [0.15, 0.2) is 30.0 Å². The molecule has 0 saturated carbocycles. The molecule has 22 heavy (non-hydrogen) atoms. The van der Waals surface area contributed by atoms with Crippen molar-refractivity contribution in [2.24, 2.45) is 5.92 Å². The summed E-state index contributed by atoms with van der Waals surface area (Å²) < 4.78 is 0. The maximum Gasteiger partial charge on any atom is 0.253 e. The van der Waals surface area contributed by atoms with Crippen molar-refractivity contribution in [3.05, 3.63) is 41.2 Å². The van der Waals surface area contributed by atoms with Crippen molar-refractivity contribution in [2.45, 2.75) is 33.6 Å². The fraction of sp³-hybridized carbons (Fsp3) is 0.556. The van der Waals surface area contributed by atoms with Crippen molar-refractivity contribution in [3.8, 4) is 0 Å². The zero-order valence-corrected chi connectivity index (χ0v) is 13.9. The Morgan fingerprint density at radius 3 is 3.05 bits per heavy atom. The lowest BCUT2D eigenvalue weighted by atomic mass is 9.97. The smallest absolute Gasteiger partial charge is 0.253 e. The van der Waals surface area contributed by atoms with Crippen LogP contribution in [0.4, 0.5) is 0 Å². The number of carbonyl (C=O) groups is 1. The maximum absolute atomic E-state index is 12.2. The molecule has 1 aliphatic heterocycles. The third-order valence-electron chi connectivity index (χ3n) is 4.16. The summed E-state index contributed by atoms with van der Waals surface area (Å²) in [6.07, 6.45) is 6.40. The van der Waals surface area contributed by atoms with E-state index in [9.17, 15) is 4.79 Å². The van der Waals surface area contributed by atoms with Gasteiger partial charge in [0, 0.05) is 31.5 Å². The molecule has 2 rings (SSSR count). The Morgan fingerprint density at radius 1 is 1.50 bits per heavy atom. The van der Waals surface area contributed by atoms with Crippen molar-refractivity contribution in [1.82, 2.24) is 15.2 Å². The highest BCUT2D eigenvalue weighted by Crippen LogP contribution is 2.16. The van der Waals surface area contributed by atoms with E-state index in [2.05, 4.69) is 35.1 Å². The van der Waals surface area contributed by atoms with Gasteiger partial charge in [0.15, 0.2) is 0 Å². The van der Waals surface area contributed by atoms with Gasteiger partial charge in [-0.1, -0.05) is 11.6 Å². The minimum Gasteiger partial charge on any atom is -0.352 e. The first-order chi connectivity index (χ1) is 10.6. The standard InChI is InChI=1S/C18H27N3O/c1-14(2)8-11-21-10-5-6-16(13-21)12-20-18(22)17-7-4-9-19-15(17)3/h4,7-9,16H,5-6,10-13H2,1-3H3,(H,20,22). The lowest BCUT2D eigenvalue weighted by Crippen LogP contribution is -2.41. The number of pyridine rings is 1. The van der Waals surface area contributed by atoms with E-state index in [-0.39, 0.29) is 5.91 Å². The zero-order chi connectivity index (χ0) is 15.9. The summed E-state index contributed by atoms with van der Waals surface area (Å²) in [5, 5.41) is 3.07. The number of aryl methyl sites for hydroxylation is 1. The average Bonchev–Trinajstić information content (AvgIpc) is 2.51. The second-order valence-electron chi connectivity index (χ2n) is 6.40. The number of nitrogens with one attached hydrogen (secondary N) is 1. The number of likely N-dealkylation sites (tertiary alicyclic amines) is 1. The van der Waals surface area contributed by atoms with Gasteiger partial charge < -0.3 is 5.32 Å². The van der Waals surface area contributed by atoms with Crippen molar-refractivity contribution >= 4 is 5.91 Å². The summed E-state index contributed by atoms with van der Waals surface area (Å²) in [7, 11) is 0. The van der Waals surface area contributed by atoms with E-state index in [4.69, 9.17) is 0 Å². The van der Waals surface area contributed by atoms with Gasteiger partial charge in [0.2, 0.25) is 0 Å². The molecule has 1 N–H and O–H groups in total. The monoisotopic (exact) mass is 301 g/mol. The SMILES string of the molecule is CC(C)=CCN1CCCC(CNC(=O)c2cccnc2C)C1. The molecular formula is C18H27N3O. The topological polar surface area (TPSA) is 45.2 Å². The third kappa shape index (κ3) is 4.95. The highest BCUT2D eigenvalue weighted by atomic mass is 16.1. The van der Waals surface area contributed by atoms with E-state index in [0.717, 1.165) is 31.9 Å². The van der Waals surface area contributed by atoms with Gasteiger partial charge in [-0.3, -0.25) is 14.7 Å². The van der Waals surface area contributed by atoms with E-state index in [1.807, 2.05) is 19.1 Å². The fourth-order valence-electron chi connectivity index (χ4n) is 2.85. The maximum atomic E-state index is 12.2. The Balaban J connectivity index is 1.82. The summed E-state index contributed by atoms with van der Waals surface area (Å²) in [6.45, 7) is 10.1. The predicted molar refractivity (Wildman–Crippen MR) is 89.9 cm³/mol. The molecule has 1 amide bonds. The van der Waals surface area contributed by atoms with Crippen molar-refractivity contribution in [3.63, 3.8) is 0 Å². The molecule has 0 radical (unpaired) electrons. The normalized spacial score (nSPS) is 18.8.